The van der Waals surface area contributed by atoms with Gasteiger partial charge in [0.1, 0.15) is 0 Å². The second-order valence-electron chi connectivity index (χ2n) is 8.09. The number of unbranched alkanes of at least 4 members (excludes halogenated alkanes) is 2. The van der Waals surface area contributed by atoms with Gasteiger partial charge in [0.25, 0.3) is 0 Å². The van der Waals surface area contributed by atoms with Gasteiger partial charge in [0.15, 0.2) is 0 Å². The summed E-state index contributed by atoms with van der Waals surface area (Å²) in [5, 5.41) is 15.8. The number of aromatic nitrogens is 4. The van der Waals surface area contributed by atoms with E-state index >= 15 is 0 Å². The van der Waals surface area contributed by atoms with Crippen LogP contribution < -0.4 is 5.32 Å². The highest BCUT2D eigenvalue weighted by Crippen LogP contribution is 2.18. The van der Waals surface area contributed by atoms with Crippen LogP contribution in [-0.2, 0) is 16.1 Å². The average molecular weight is 429 g/mol. The fraction of sp³-hybridized carbons (Fsp3) is 0.652. The fourth-order valence-electron chi connectivity index (χ4n) is 3.90. The Bertz CT molecular complexity index is 758. The van der Waals surface area contributed by atoms with Crippen LogP contribution in [0.15, 0.2) is 30.3 Å². The molecule has 0 radical (unpaired) electrons. The molecule has 0 spiro atoms. The first-order valence-electron chi connectivity index (χ1n) is 11.7. The van der Waals surface area contributed by atoms with Crippen molar-refractivity contribution in [3.63, 3.8) is 0 Å². The van der Waals surface area contributed by atoms with Gasteiger partial charge in [-0.2, -0.15) is 4.80 Å². The number of carbonyl (C=O) groups excluding carboxylic acids is 1. The van der Waals surface area contributed by atoms with Crippen molar-refractivity contribution in [3.8, 4) is 11.4 Å². The van der Waals surface area contributed by atoms with Gasteiger partial charge in [-0.3, -0.25) is 4.79 Å². The van der Waals surface area contributed by atoms with E-state index < -0.39 is 0 Å². The summed E-state index contributed by atoms with van der Waals surface area (Å²) in [5.41, 5.74) is 0.997. The number of hydrogen-bond acceptors (Lipinski definition) is 6. The molecule has 170 valence electrons. The number of aryl methyl sites for hydroxylation is 1. The smallest absolute Gasteiger partial charge is 0.223 e. The van der Waals surface area contributed by atoms with Crippen LogP contribution in [0.4, 0.5) is 0 Å². The van der Waals surface area contributed by atoms with E-state index in [1.165, 1.54) is 0 Å². The molecule has 0 unspecified atom stereocenters. The Morgan fingerprint density at radius 1 is 1.10 bits per heavy atom. The summed E-state index contributed by atoms with van der Waals surface area (Å²) in [6.45, 7) is 8.09. The lowest BCUT2D eigenvalue weighted by Gasteiger charge is -2.31. The number of tetrazole rings is 1. The first-order chi connectivity index (χ1) is 15.3. The lowest BCUT2D eigenvalue weighted by atomic mass is 9.95. The summed E-state index contributed by atoms with van der Waals surface area (Å²) in [4.78, 5) is 16.5. The number of piperidine rings is 1. The second-order valence-corrected chi connectivity index (χ2v) is 8.09. The summed E-state index contributed by atoms with van der Waals surface area (Å²) in [6.07, 6.45) is 6.16. The summed E-state index contributed by atoms with van der Waals surface area (Å²) in [6, 6.07) is 9.94. The Labute approximate surface area is 185 Å². The first kappa shape index (κ1) is 23.3. The summed E-state index contributed by atoms with van der Waals surface area (Å²) in [5.74, 6) is 1.06. The maximum Gasteiger partial charge on any atom is 0.223 e. The van der Waals surface area contributed by atoms with Crippen molar-refractivity contribution in [1.82, 2.24) is 30.4 Å². The molecule has 0 aliphatic carbocycles. The molecule has 1 aromatic carbocycles. The number of benzene rings is 1. The van der Waals surface area contributed by atoms with Gasteiger partial charge in [-0.1, -0.05) is 36.8 Å². The van der Waals surface area contributed by atoms with Crippen molar-refractivity contribution in [3.05, 3.63) is 30.3 Å². The molecule has 31 heavy (non-hydrogen) atoms. The number of carbonyl (C=O) groups is 1. The SMILES string of the molecule is CCOCCCNC(=O)C1CCN(CCCCCn2nnc(-c3ccccc3)n2)CC1. The number of hydrogen-bond donors (Lipinski definition) is 1. The molecule has 0 saturated carbocycles. The van der Waals surface area contributed by atoms with E-state index in [4.69, 9.17) is 4.74 Å². The van der Waals surface area contributed by atoms with Crippen molar-refractivity contribution in [2.45, 2.75) is 52.0 Å². The maximum absolute atomic E-state index is 12.3. The number of likely N-dealkylation sites (tertiary alicyclic amines) is 1. The third-order valence-electron chi connectivity index (χ3n) is 5.74. The van der Waals surface area contributed by atoms with Crippen LogP contribution in [0.5, 0.6) is 0 Å². The second kappa shape index (κ2) is 13.2. The lowest BCUT2D eigenvalue weighted by molar-refractivity contribution is -0.126. The number of ether oxygens (including phenoxy) is 1. The summed E-state index contributed by atoms with van der Waals surface area (Å²) in [7, 11) is 0. The van der Waals surface area contributed by atoms with Gasteiger partial charge < -0.3 is 15.0 Å². The van der Waals surface area contributed by atoms with E-state index in [-0.39, 0.29) is 11.8 Å². The Morgan fingerprint density at radius 3 is 2.65 bits per heavy atom. The van der Waals surface area contributed by atoms with Crippen molar-refractivity contribution in [1.29, 1.82) is 0 Å². The van der Waals surface area contributed by atoms with Crippen LogP contribution >= 0.6 is 0 Å². The minimum absolute atomic E-state index is 0.167. The van der Waals surface area contributed by atoms with Crippen molar-refractivity contribution in [2.75, 3.05) is 39.4 Å². The monoisotopic (exact) mass is 428 g/mol. The van der Waals surface area contributed by atoms with Gasteiger partial charge in [-0.05, 0) is 63.9 Å². The van der Waals surface area contributed by atoms with Crippen LogP contribution in [0.3, 0.4) is 0 Å². The number of amides is 1. The quantitative estimate of drug-likeness (QED) is 0.494. The molecule has 8 nitrogen and oxygen atoms in total. The Kier molecular flexibility index (Phi) is 9.92. The van der Waals surface area contributed by atoms with Gasteiger partial charge in [0.05, 0.1) is 6.54 Å². The van der Waals surface area contributed by atoms with Crippen LogP contribution in [0.1, 0.15) is 45.4 Å². The molecule has 2 heterocycles. The maximum atomic E-state index is 12.3. The third-order valence-corrected chi connectivity index (χ3v) is 5.74. The Morgan fingerprint density at radius 2 is 1.87 bits per heavy atom. The highest BCUT2D eigenvalue weighted by atomic mass is 16.5. The molecule has 0 bridgehead atoms. The van der Waals surface area contributed by atoms with Crippen LogP contribution in [0.25, 0.3) is 11.4 Å². The van der Waals surface area contributed by atoms with Crippen molar-refractivity contribution >= 4 is 5.91 Å². The molecular weight excluding hydrogens is 392 g/mol. The molecule has 1 fully saturated rings. The minimum atomic E-state index is 0.167. The molecule has 0 atom stereocenters. The van der Waals surface area contributed by atoms with E-state index in [1.54, 1.807) is 4.80 Å². The minimum Gasteiger partial charge on any atom is -0.382 e. The van der Waals surface area contributed by atoms with E-state index in [9.17, 15) is 4.79 Å². The Hall–Kier alpha value is -2.32. The van der Waals surface area contributed by atoms with Gasteiger partial charge >= 0.3 is 0 Å². The standard InChI is InChI=1S/C23H36N6O2/c1-2-31-19-9-14-24-23(30)21-12-17-28(18-13-21)15-7-4-8-16-29-26-22(25-27-29)20-10-5-3-6-11-20/h3,5-6,10-11,21H,2,4,7-9,12-19H2,1H3,(H,24,30). The molecule has 1 saturated heterocycles. The number of rotatable bonds is 13. The predicted molar refractivity (Wildman–Crippen MR) is 120 cm³/mol. The fourth-order valence-corrected chi connectivity index (χ4v) is 3.90. The zero-order valence-electron chi connectivity index (χ0n) is 18.7. The van der Waals surface area contributed by atoms with E-state index in [0.717, 1.165) is 83.5 Å². The van der Waals surface area contributed by atoms with E-state index in [1.807, 2.05) is 37.3 Å². The van der Waals surface area contributed by atoms with Gasteiger partial charge in [-0.15, -0.1) is 10.2 Å². The molecule has 1 amide bonds. The average Bonchev–Trinajstić information content (AvgIpc) is 3.28. The summed E-state index contributed by atoms with van der Waals surface area (Å²) >= 11 is 0. The highest BCUT2D eigenvalue weighted by molar-refractivity contribution is 5.78. The molecule has 8 heteroatoms. The number of nitrogens with zero attached hydrogens (tertiary/aromatic N) is 5. The molecular formula is C23H36N6O2. The number of nitrogens with one attached hydrogen (secondary N) is 1. The highest BCUT2D eigenvalue weighted by Gasteiger charge is 2.24. The third kappa shape index (κ3) is 8.03. The van der Waals surface area contributed by atoms with E-state index in [0.29, 0.717) is 12.4 Å². The van der Waals surface area contributed by atoms with Crippen LogP contribution in [-0.4, -0.2) is 70.4 Å². The molecule has 1 aliphatic rings. The van der Waals surface area contributed by atoms with Crippen molar-refractivity contribution in [2.24, 2.45) is 5.92 Å². The van der Waals surface area contributed by atoms with Gasteiger partial charge in [0, 0.05) is 31.2 Å². The van der Waals surface area contributed by atoms with Crippen LogP contribution in [0.2, 0.25) is 0 Å². The van der Waals surface area contributed by atoms with Gasteiger partial charge in [0.2, 0.25) is 11.7 Å². The predicted octanol–water partition coefficient (Wildman–Crippen LogP) is 2.77. The molecule has 3 rings (SSSR count). The molecule has 1 aromatic heterocycles. The van der Waals surface area contributed by atoms with E-state index in [2.05, 4.69) is 25.6 Å². The molecule has 1 N–H and O–H groups in total. The van der Waals surface area contributed by atoms with Crippen LogP contribution in [0, 0.1) is 5.92 Å². The normalized spacial score (nSPS) is 15.3. The zero-order chi connectivity index (χ0) is 21.7. The largest absolute Gasteiger partial charge is 0.382 e. The zero-order valence-corrected chi connectivity index (χ0v) is 18.7. The summed E-state index contributed by atoms with van der Waals surface area (Å²) < 4.78 is 5.30. The molecule has 1 aliphatic heterocycles. The lowest BCUT2D eigenvalue weighted by Crippen LogP contribution is -2.41. The topological polar surface area (TPSA) is 85.2 Å². The molecule has 2 aromatic rings. The first-order valence-corrected chi connectivity index (χ1v) is 11.7. The Balaban J connectivity index is 1.23. The van der Waals surface area contributed by atoms with Gasteiger partial charge in [-0.25, -0.2) is 0 Å². The van der Waals surface area contributed by atoms with Crippen molar-refractivity contribution < 1.29 is 9.53 Å².